The topological polar surface area (TPSA) is 74.4 Å². The number of carbonyl (C=O) groups excluding carboxylic acids is 1. The minimum absolute atomic E-state index is 0.0438. The Labute approximate surface area is 103 Å². The highest BCUT2D eigenvalue weighted by Crippen LogP contribution is 2.27. The van der Waals surface area contributed by atoms with Crippen molar-refractivity contribution < 1.29 is 23.0 Å². The van der Waals surface area contributed by atoms with Gasteiger partial charge in [0.2, 0.25) is 0 Å². The number of ether oxygens (including phenoxy) is 2. The maximum atomic E-state index is 12.7. The van der Waals surface area contributed by atoms with Crippen LogP contribution in [-0.2, 0) is 11.3 Å². The molecule has 0 fully saturated rings. The van der Waals surface area contributed by atoms with Crippen LogP contribution in [0.3, 0.4) is 0 Å². The molecule has 0 saturated carbocycles. The third-order valence-corrected chi connectivity index (χ3v) is 2.19. The molecule has 0 amide bonds. The highest BCUT2D eigenvalue weighted by atomic mass is 19.3. The zero-order valence-electron chi connectivity index (χ0n) is 10.1. The average Bonchev–Trinajstić information content (AvgIpc) is 2.37. The monoisotopic (exact) mass is 260 g/mol. The van der Waals surface area contributed by atoms with Crippen LogP contribution >= 0.6 is 0 Å². The van der Waals surface area contributed by atoms with Crippen molar-refractivity contribution in [1.29, 1.82) is 0 Å². The standard InChI is InChI=1S/C11H14F2N2O3/c1-3-18-11(16)8-9(17-2)6(5-14)4-7(15-8)10(12)13/h4,10H,3,5,14H2,1-2H3. The summed E-state index contributed by atoms with van der Waals surface area (Å²) in [7, 11) is 1.31. The molecular weight excluding hydrogens is 246 g/mol. The molecule has 2 N–H and O–H groups in total. The van der Waals surface area contributed by atoms with E-state index in [9.17, 15) is 13.6 Å². The van der Waals surface area contributed by atoms with Crippen LogP contribution in [-0.4, -0.2) is 24.7 Å². The van der Waals surface area contributed by atoms with Crippen LogP contribution in [0.15, 0.2) is 6.07 Å². The number of carbonyl (C=O) groups is 1. The molecule has 18 heavy (non-hydrogen) atoms. The Morgan fingerprint density at radius 3 is 2.67 bits per heavy atom. The molecule has 7 heteroatoms. The van der Waals surface area contributed by atoms with Gasteiger partial charge in [0.1, 0.15) is 5.69 Å². The van der Waals surface area contributed by atoms with Gasteiger partial charge >= 0.3 is 5.97 Å². The summed E-state index contributed by atoms with van der Waals surface area (Å²) in [5, 5.41) is 0. The molecule has 0 aliphatic heterocycles. The molecule has 0 aliphatic carbocycles. The van der Waals surface area contributed by atoms with Crippen molar-refractivity contribution in [3.8, 4) is 5.75 Å². The van der Waals surface area contributed by atoms with Crippen molar-refractivity contribution in [2.75, 3.05) is 13.7 Å². The number of hydrogen-bond acceptors (Lipinski definition) is 5. The van der Waals surface area contributed by atoms with Gasteiger partial charge in [-0.1, -0.05) is 0 Å². The van der Waals surface area contributed by atoms with Crippen LogP contribution in [0.1, 0.15) is 35.1 Å². The number of alkyl halides is 2. The molecule has 0 spiro atoms. The number of hydrogen-bond donors (Lipinski definition) is 1. The lowest BCUT2D eigenvalue weighted by Gasteiger charge is -2.13. The van der Waals surface area contributed by atoms with E-state index in [4.69, 9.17) is 15.2 Å². The van der Waals surface area contributed by atoms with Crippen LogP contribution in [0.25, 0.3) is 0 Å². The fourth-order valence-electron chi connectivity index (χ4n) is 1.44. The largest absolute Gasteiger partial charge is 0.494 e. The molecule has 0 aromatic carbocycles. The van der Waals surface area contributed by atoms with E-state index in [1.807, 2.05) is 0 Å². The molecule has 0 aliphatic rings. The zero-order valence-corrected chi connectivity index (χ0v) is 10.1. The van der Waals surface area contributed by atoms with E-state index in [-0.39, 0.29) is 30.2 Å². The second-order valence-corrected chi connectivity index (χ2v) is 3.31. The number of nitrogens with two attached hydrogens (primary N) is 1. The lowest BCUT2D eigenvalue weighted by Crippen LogP contribution is -2.14. The first-order valence-electron chi connectivity index (χ1n) is 5.28. The number of esters is 1. The van der Waals surface area contributed by atoms with Gasteiger partial charge in [-0.05, 0) is 13.0 Å². The van der Waals surface area contributed by atoms with Crippen molar-refractivity contribution in [1.82, 2.24) is 4.98 Å². The summed E-state index contributed by atoms with van der Waals surface area (Å²) >= 11 is 0. The summed E-state index contributed by atoms with van der Waals surface area (Å²) in [5.41, 5.74) is 4.91. The third-order valence-electron chi connectivity index (χ3n) is 2.19. The Hall–Kier alpha value is -1.76. The quantitative estimate of drug-likeness (QED) is 0.815. The van der Waals surface area contributed by atoms with Gasteiger partial charge in [-0.25, -0.2) is 18.6 Å². The van der Waals surface area contributed by atoms with Crippen LogP contribution < -0.4 is 10.5 Å². The average molecular weight is 260 g/mol. The van der Waals surface area contributed by atoms with Crippen molar-refractivity contribution in [3.63, 3.8) is 0 Å². The first-order chi connectivity index (χ1) is 8.54. The molecule has 100 valence electrons. The number of aromatic nitrogens is 1. The molecule has 1 aromatic heterocycles. The Morgan fingerprint density at radius 1 is 1.56 bits per heavy atom. The number of nitrogens with zero attached hydrogens (tertiary/aromatic N) is 1. The molecule has 0 radical (unpaired) electrons. The van der Waals surface area contributed by atoms with E-state index in [2.05, 4.69) is 4.98 Å². The number of rotatable bonds is 5. The second-order valence-electron chi connectivity index (χ2n) is 3.31. The van der Waals surface area contributed by atoms with Crippen LogP contribution in [0.2, 0.25) is 0 Å². The molecule has 1 rings (SSSR count). The molecule has 0 atom stereocenters. The van der Waals surface area contributed by atoms with Crippen molar-refractivity contribution in [2.24, 2.45) is 5.73 Å². The van der Waals surface area contributed by atoms with Gasteiger partial charge in [0.15, 0.2) is 11.4 Å². The maximum absolute atomic E-state index is 12.7. The Balaban J connectivity index is 3.35. The number of methoxy groups -OCH3 is 1. The summed E-state index contributed by atoms with van der Waals surface area (Å²) in [5.74, 6) is -0.744. The Morgan fingerprint density at radius 2 is 2.22 bits per heavy atom. The maximum Gasteiger partial charge on any atom is 0.360 e. The van der Waals surface area contributed by atoms with Gasteiger partial charge < -0.3 is 15.2 Å². The van der Waals surface area contributed by atoms with Gasteiger partial charge in [0.05, 0.1) is 13.7 Å². The van der Waals surface area contributed by atoms with Crippen molar-refractivity contribution in [3.05, 3.63) is 23.0 Å². The molecule has 1 heterocycles. The third kappa shape index (κ3) is 2.92. The van der Waals surface area contributed by atoms with E-state index in [0.717, 1.165) is 6.07 Å². The molecule has 0 bridgehead atoms. The van der Waals surface area contributed by atoms with Crippen LogP contribution in [0, 0.1) is 0 Å². The highest BCUT2D eigenvalue weighted by Gasteiger charge is 2.23. The molecule has 0 unspecified atom stereocenters. The minimum Gasteiger partial charge on any atom is -0.494 e. The Kier molecular flexibility index (Phi) is 4.96. The fourth-order valence-corrected chi connectivity index (χ4v) is 1.44. The summed E-state index contributed by atoms with van der Waals surface area (Å²) in [4.78, 5) is 15.2. The number of halogens is 2. The zero-order chi connectivity index (χ0) is 13.7. The normalized spacial score (nSPS) is 10.6. The van der Waals surface area contributed by atoms with E-state index >= 15 is 0 Å². The minimum atomic E-state index is -2.80. The molecular formula is C11H14F2N2O3. The summed E-state index contributed by atoms with van der Waals surface area (Å²) in [6.07, 6.45) is -2.80. The summed E-state index contributed by atoms with van der Waals surface area (Å²) < 4.78 is 35.0. The molecule has 0 saturated heterocycles. The first-order valence-corrected chi connectivity index (χ1v) is 5.28. The molecule has 1 aromatic rings. The Bertz CT molecular complexity index is 439. The smallest absolute Gasteiger partial charge is 0.360 e. The first kappa shape index (κ1) is 14.3. The second kappa shape index (κ2) is 6.25. The van der Waals surface area contributed by atoms with Gasteiger partial charge in [-0.2, -0.15) is 0 Å². The lowest BCUT2D eigenvalue weighted by molar-refractivity contribution is 0.0513. The molecule has 5 nitrogen and oxygen atoms in total. The van der Waals surface area contributed by atoms with Crippen LogP contribution in [0.4, 0.5) is 8.78 Å². The predicted molar refractivity (Wildman–Crippen MR) is 59.6 cm³/mol. The van der Waals surface area contributed by atoms with E-state index < -0.39 is 18.1 Å². The van der Waals surface area contributed by atoms with E-state index in [1.165, 1.54) is 7.11 Å². The van der Waals surface area contributed by atoms with E-state index in [0.29, 0.717) is 0 Å². The van der Waals surface area contributed by atoms with Crippen molar-refractivity contribution >= 4 is 5.97 Å². The van der Waals surface area contributed by atoms with Gasteiger partial charge in [-0.15, -0.1) is 0 Å². The number of pyridine rings is 1. The lowest BCUT2D eigenvalue weighted by atomic mass is 10.1. The van der Waals surface area contributed by atoms with E-state index in [1.54, 1.807) is 6.92 Å². The SMILES string of the molecule is CCOC(=O)c1nc(C(F)F)cc(CN)c1OC. The van der Waals surface area contributed by atoms with Gasteiger partial charge in [-0.3, -0.25) is 0 Å². The van der Waals surface area contributed by atoms with Gasteiger partial charge in [0.25, 0.3) is 6.43 Å². The predicted octanol–water partition coefficient (Wildman–Crippen LogP) is 1.66. The summed E-state index contributed by atoms with van der Waals surface area (Å²) in [6, 6.07) is 1.12. The van der Waals surface area contributed by atoms with Crippen molar-refractivity contribution in [2.45, 2.75) is 19.9 Å². The summed E-state index contributed by atoms with van der Waals surface area (Å²) in [6.45, 7) is 1.67. The van der Waals surface area contributed by atoms with Gasteiger partial charge in [0, 0.05) is 12.1 Å². The fraction of sp³-hybridized carbons (Fsp3) is 0.455. The van der Waals surface area contributed by atoms with Crippen LogP contribution in [0.5, 0.6) is 5.75 Å². The highest BCUT2D eigenvalue weighted by molar-refractivity contribution is 5.91.